The number of aromatic hydroxyl groups is 1. The zero-order valence-corrected chi connectivity index (χ0v) is 23.2. The Balaban J connectivity index is 1.78. The van der Waals surface area contributed by atoms with E-state index >= 15 is 0 Å². The van der Waals surface area contributed by atoms with Gasteiger partial charge in [-0.1, -0.05) is 75.2 Å². The van der Waals surface area contributed by atoms with Crippen molar-refractivity contribution in [2.24, 2.45) is 5.92 Å². The van der Waals surface area contributed by atoms with E-state index in [1.165, 1.54) is 12.3 Å². The molecule has 8 nitrogen and oxygen atoms in total. The van der Waals surface area contributed by atoms with Crippen LogP contribution in [-0.4, -0.2) is 42.0 Å². The first-order valence-electron chi connectivity index (χ1n) is 13.9. The number of benzene rings is 2. The summed E-state index contributed by atoms with van der Waals surface area (Å²) in [5.41, 5.74) is 1.20. The van der Waals surface area contributed by atoms with E-state index in [2.05, 4.69) is 12.2 Å². The van der Waals surface area contributed by atoms with Crippen molar-refractivity contribution in [3.63, 3.8) is 0 Å². The fourth-order valence-electron chi connectivity index (χ4n) is 4.41. The smallest absolute Gasteiger partial charge is 0.411 e. The van der Waals surface area contributed by atoms with Gasteiger partial charge in [0.1, 0.15) is 23.5 Å². The van der Waals surface area contributed by atoms with Crippen LogP contribution in [0, 0.1) is 5.92 Å². The maximum atomic E-state index is 13.3. The Morgan fingerprint density at radius 1 is 1.10 bits per heavy atom. The number of fused-ring (bicyclic) bond motifs is 1. The minimum atomic E-state index is -0.696. The molecule has 3 atom stereocenters. The molecule has 2 unspecified atom stereocenters. The lowest BCUT2D eigenvalue weighted by molar-refractivity contribution is -0.0129. The van der Waals surface area contributed by atoms with Crippen LogP contribution in [0.5, 0.6) is 5.75 Å². The first kappa shape index (κ1) is 30.5. The normalized spacial score (nSPS) is 20.4. The van der Waals surface area contributed by atoms with Crippen molar-refractivity contribution >= 4 is 18.0 Å². The Morgan fingerprint density at radius 3 is 2.67 bits per heavy atom. The second-order valence-electron chi connectivity index (χ2n) is 9.90. The van der Waals surface area contributed by atoms with Gasteiger partial charge in [0.25, 0.3) is 0 Å². The number of phenolic OH excluding ortho intramolecular Hbond substituents is 1. The number of cyclic esters (lactones) is 1. The van der Waals surface area contributed by atoms with Crippen LogP contribution in [0.1, 0.15) is 78.7 Å². The van der Waals surface area contributed by atoms with Gasteiger partial charge in [0.2, 0.25) is 0 Å². The van der Waals surface area contributed by atoms with Crippen LogP contribution >= 0.6 is 0 Å². The molecule has 0 radical (unpaired) electrons. The number of hydrogen-bond acceptors (Lipinski definition) is 7. The first-order valence-corrected chi connectivity index (χ1v) is 13.9. The van der Waals surface area contributed by atoms with Crippen LogP contribution in [0.25, 0.3) is 0 Å². The van der Waals surface area contributed by atoms with Crippen LogP contribution in [0.15, 0.2) is 73.0 Å². The summed E-state index contributed by atoms with van der Waals surface area (Å²) in [6.45, 7) is 4.41. The highest BCUT2D eigenvalue weighted by atomic mass is 16.6. The van der Waals surface area contributed by atoms with Gasteiger partial charge in [-0.15, -0.1) is 0 Å². The van der Waals surface area contributed by atoms with E-state index in [1.807, 2.05) is 25.1 Å². The van der Waals surface area contributed by atoms with Crippen molar-refractivity contribution in [1.82, 2.24) is 5.32 Å². The number of ether oxygens (including phenoxy) is 3. The number of hydrogen-bond donors (Lipinski definition) is 2. The van der Waals surface area contributed by atoms with Gasteiger partial charge >= 0.3 is 18.0 Å². The number of amides is 1. The van der Waals surface area contributed by atoms with Crippen molar-refractivity contribution in [2.45, 2.75) is 71.0 Å². The third kappa shape index (κ3) is 9.59. The summed E-state index contributed by atoms with van der Waals surface area (Å²) in [6.07, 6.45) is 9.63. The largest absolute Gasteiger partial charge is 0.507 e. The summed E-state index contributed by atoms with van der Waals surface area (Å²) in [5.74, 6) is -1.34. The Kier molecular flexibility index (Phi) is 12.3. The molecule has 0 aromatic heterocycles. The Hall–Kier alpha value is -4.07. The van der Waals surface area contributed by atoms with Gasteiger partial charge in [0, 0.05) is 19.0 Å². The number of esters is 2. The second kappa shape index (κ2) is 16.1. The Morgan fingerprint density at radius 2 is 1.90 bits per heavy atom. The van der Waals surface area contributed by atoms with Gasteiger partial charge in [-0.25, -0.2) is 14.4 Å². The standard InChI is InChI=1S/C32H39NO7/c1-3-4-10-21-38-32(37)33-20-12-18-26-22-28(40-30(35)25-15-6-5-7-16-25)23(2)13-8-9-14-24-17-11-19-27(34)29(24)31(36)39-26/h5-9,11-12,15-17,19-20,23,26,28,34H,3-4,10,13-14,18,21-22H2,1-2H3,(H,33,37)/b9-8+,20-12+/t23-,26?,28?/m0/s1. The third-order valence-electron chi connectivity index (χ3n) is 6.72. The van der Waals surface area contributed by atoms with E-state index in [-0.39, 0.29) is 30.1 Å². The molecule has 8 heteroatoms. The van der Waals surface area contributed by atoms with Gasteiger partial charge in [-0.2, -0.15) is 0 Å². The highest BCUT2D eigenvalue weighted by molar-refractivity contribution is 5.94. The molecule has 214 valence electrons. The molecular formula is C32H39NO7. The SMILES string of the molecule is CCCCCOC(=O)N/C=C/CC1CC(OC(=O)c2ccccc2)[C@@H](C)C/C=C/Cc2cccc(O)c2C(=O)O1. The minimum Gasteiger partial charge on any atom is -0.507 e. The molecule has 1 heterocycles. The summed E-state index contributed by atoms with van der Waals surface area (Å²) in [6, 6.07) is 13.7. The zero-order valence-electron chi connectivity index (χ0n) is 23.2. The van der Waals surface area contributed by atoms with Gasteiger partial charge in [0.05, 0.1) is 12.2 Å². The molecular weight excluding hydrogens is 510 g/mol. The molecule has 2 aromatic carbocycles. The zero-order chi connectivity index (χ0) is 28.7. The average molecular weight is 550 g/mol. The molecule has 0 fully saturated rings. The van der Waals surface area contributed by atoms with E-state index in [0.717, 1.165) is 19.3 Å². The van der Waals surface area contributed by atoms with Crippen LogP contribution in [0.2, 0.25) is 0 Å². The van der Waals surface area contributed by atoms with Crippen molar-refractivity contribution in [1.29, 1.82) is 0 Å². The molecule has 2 aromatic rings. The first-order chi connectivity index (χ1) is 19.4. The van der Waals surface area contributed by atoms with E-state index in [0.29, 0.717) is 30.6 Å². The average Bonchev–Trinajstić information content (AvgIpc) is 2.95. The Bertz CT molecular complexity index is 1180. The molecule has 0 aliphatic carbocycles. The van der Waals surface area contributed by atoms with Crippen molar-refractivity contribution in [2.75, 3.05) is 6.61 Å². The van der Waals surface area contributed by atoms with Crippen LogP contribution < -0.4 is 5.32 Å². The number of nitrogens with one attached hydrogen (secondary N) is 1. The van der Waals surface area contributed by atoms with E-state index in [4.69, 9.17) is 14.2 Å². The number of rotatable bonds is 9. The third-order valence-corrected chi connectivity index (χ3v) is 6.72. The summed E-state index contributed by atoms with van der Waals surface area (Å²) < 4.78 is 17.0. The van der Waals surface area contributed by atoms with Crippen molar-refractivity contribution in [3.05, 3.63) is 89.6 Å². The molecule has 0 saturated carbocycles. The molecule has 0 saturated heterocycles. The van der Waals surface area contributed by atoms with Gasteiger partial charge in [0.15, 0.2) is 0 Å². The summed E-state index contributed by atoms with van der Waals surface area (Å²) >= 11 is 0. The van der Waals surface area contributed by atoms with E-state index in [1.54, 1.807) is 42.5 Å². The summed E-state index contributed by atoms with van der Waals surface area (Å²) in [5, 5.41) is 13.0. The maximum Gasteiger partial charge on any atom is 0.411 e. The lowest BCUT2D eigenvalue weighted by Gasteiger charge is -2.28. The van der Waals surface area contributed by atoms with Crippen LogP contribution in [-0.2, 0) is 20.6 Å². The highest BCUT2D eigenvalue weighted by Crippen LogP contribution is 2.28. The lowest BCUT2D eigenvalue weighted by Crippen LogP contribution is -2.32. The number of allylic oxidation sites excluding steroid dienone is 2. The lowest BCUT2D eigenvalue weighted by atomic mass is 9.93. The molecule has 2 N–H and O–H groups in total. The fourth-order valence-corrected chi connectivity index (χ4v) is 4.41. The van der Waals surface area contributed by atoms with Crippen molar-refractivity contribution in [3.8, 4) is 5.75 Å². The molecule has 0 spiro atoms. The van der Waals surface area contributed by atoms with E-state index in [9.17, 15) is 19.5 Å². The molecule has 0 bridgehead atoms. The number of carbonyl (C=O) groups is 3. The molecule has 1 aliphatic rings. The summed E-state index contributed by atoms with van der Waals surface area (Å²) in [7, 11) is 0. The van der Waals surface area contributed by atoms with E-state index < -0.39 is 30.2 Å². The quantitative estimate of drug-likeness (QED) is 0.159. The minimum absolute atomic E-state index is 0.0617. The van der Waals surface area contributed by atoms with Gasteiger partial charge < -0.3 is 19.3 Å². The van der Waals surface area contributed by atoms with Crippen LogP contribution in [0.4, 0.5) is 4.79 Å². The van der Waals surface area contributed by atoms with Gasteiger partial charge in [-0.3, -0.25) is 5.32 Å². The number of phenols is 1. The molecule has 1 amide bonds. The van der Waals surface area contributed by atoms with Gasteiger partial charge in [-0.05, 0) is 48.9 Å². The fraction of sp³-hybridized carbons (Fsp3) is 0.406. The maximum absolute atomic E-state index is 13.3. The van der Waals surface area contributed by atoms with Crippen LogP contribution in [0.3, 0.4) is 0 Å². The predicted octanol–water partition coefficient (Wildman–Crippen LogP) is 6.49. The monoisotopic (exact) mass is 549 g/mol. The molecule has 1 aliphatic heterocycles. The molecule has 3 rings (SSSR count). The number of carbonyl (C=O) groups excluding carboxylic acids is 3. The Labute approximate surface area is 236 Å². The van der Waals surface area contributed by atoms with Crippen molar-refractivity contribution < 1.29 is 33.7 Å². The topological polar surface area (TPSA) is 111 Å². The number of unbranched alkanes of at least 4 members (excludes halogenated alkanes) is 2. The highest BCUT2D eigenvalue weighted by Gasteiger charge is 2.29. The number of alkyl carbamates (subject to hydrolysis) is 1. The molecule has 40 heavy (non-hydrogen) atoms. The second-order valence-corrected chi connectivity index (χ2v) is 9.90. The summed E-state index contributed by atoms with van der Waals surface area (Å²) in [4.78, 5) is 38.1. The predicted molar refractivity (Wildman–Crippen MR) is 152 cm³/mol.